The van der Waals surface area contributed by atoms with Crippen LogP contribution in [0, 0.1) is 0 Å². The molecule has 0 saturated heterocycles. The van der Waals surface area contributed by atoms with Gasteiger partial charge in [0.2, 0.25) is 0 Å². The van der Waals surface area contributed by atoms with Crippen molar-refractivity contribution in [2.24, 2.45) is 0 Å². The Morgan fingerprint density at radius 1 is 1.11 bits per heavy atom. The Balaban J connectivity index is 2.30. The molecule has 0 bridgehead atoms. The first-order valence-corrected chi connectivity index (χ1v) is 6.95. The van der Waals surface area contributed by atoms with Gasteiger partial charge in [0.25, 0.3) is 0 Å². The van der Waals surface area contributed by atoms with Gasteiger partial charge >= 0.3 is 0 Å². The van der Waals surface area contributed by atoms with E-state index in [1.54, 1.807) is 36.4 Å². The first-order chi connectivity index (χ1) is 8.95. The van der Waals surface area contributed by atoms with E-state index < -0.39 is 0 Å². The molecule has 0 aliphatic rings. The van der Waals surface area contributed by atoms with Crippen LogP contribution < -0.4 is 4.74 Å². The van der Waals surface area contributed by atoms with Gasteiger partial charge < -0.3 is 4.74 Å². The Bertz CT molecular complexity index is 621. The number of ketones is 1. The average molecular weight is 360 g/mol. The van der Waals surface area contributed by atoms with Gasteiger partial charge in [0, 0.05) is 15.6 Å². The maximum atomic E-state index is 11.3. The van der Waals surface area contributed by atoms with Gasteiger partial charge in [-0.1, -0.05) is 23.2 Å². The van der Waals surface area contributed by atoms with E-state index in [1.165, 1.54) is 6.92 Å². The molecule has 0 N–H and O–H groups in total. The van der Waals surface area contributed by atoms with Gasteiger partial charge in [0.05, 0.1) is 4.47 Å². The van der Waals surface area contributed by atoms with Gasteiger partial charge in [-0.3, -0.25) is 4.79 Å². The van der Waals surface area contributed by atoms with Crippen LogP contribution in [-0.4, -0.2) is 5.78 Å². The van der Waals surface area contributed by atoms with Crippen LogP contribution in [0.4, 0.5) is 0 Å². The predicted octanol–water partition coefficient (Wildman–Crippen LogP) is 5.75. The van der Waals surface area contributed by atoms with Gasteiger partial charge in [-0.15, -0.1) is 0 Å². The van der Waals surface area contributed by atoms with Gasteiger partial charge in [0.1, 0.15) is 11.5 Å². The summed E-state index contributed by atoms with van der Waals surface area (Å²) in [6.07, 6.45) is 0. The molecule has 2 aromatic carbocycles. The van der Waals surface area contributed by atoms with Crippen LogP contribution >= 0.6 is 39.1 Å². The Hall–Kier alpha value is -1.03. The maximum absolute atomic E-state index is 11.3. The second-order valence-electron chi connectivity index (χ2n) is 3.91. The second kappa shape index (κ2) is 5.95. The fourth-order valence-corrected chi connectivity index (χ4v) is 2.48. The van der Waals surface area contributed by atoms with E-state index >= 15 is 0 Å². The minimum atomic E-state index is -0.00181. The molecule has 0 aliphatic heterocycles. The minimum Gasteiger partial charge on any atom is -0.456 e. The fraction of sp³-hybridized carbons (Fsp3) is 0.0714. The molecule has 0 spiro atoms. The van der Waals surface area contributed by atoms with E-state index in [2.05, 4.69) is 15.9 Å². The summed E-state index contributed by atoms with van der Waals surface area (Å²) >= 11 is 15.2. The molecule has 0 radical (unpaired) electrons. The van der Waals surface area contributed by atoms with Crippen molar-refractivity contribution in [3.8, 4) is 11.5 Å². The summed E-state index contributed by atoms with van der Waals surface area (Å²) < 4.78 is 6.37. The van der Waals surface area contributed by atoms with Crippen LogP contribution in [0.5, 0.6) is 11.5 Å². The lowest BCUT2D eigenvalue weighted by Gasteiger charge is -2.09. The van der Waals surface area contributed by atoms with E-state index in [0.29, 0.717) is 31.6 Å². The van der Waals surface area contributed by atoms with E-state index in [1.807, 2.05) is 0 Å². The number of hydrogen-bond acceptors (Lipinski definition) is 2. The van der Waals surface area contributed by atoms with Crippen LogP contribution in [0.15, 0.2) is 40.9 Å². The van der Waals surface area contributed by atoms with E-state index in [-0.39, 0.29) is 5.78 Å². The third kappa shape index (κ3) is 3.72. The molecule has 0 unspecified atom stereocenters. The van der Waals surface area contributed by atoms with Crippen LogP contribution in [0.3, 0.4) is 0 Å². The summed E-state index contributed by atoms with van der Waals surface area (Å²) in [6.45, 7) is 1.51. The standard InChI is InChI=1S/C14H9BrCl2O2/c1-8(18)9-2-3-14(13(15)4-9)19-12-6-10(16)5-11(17)7-12/h2-7H,1H3. The molecule has 0 amide bonds. The highest BCUT2D eigenvalue weighted by molar-refractivity contribution is 9.10. The van der Waals surface area contributed by atoms with Gasteiger partial charge in [-0.25, -0.2) is 0 Å². The molecule has 2 aromatic rings. The van der Waals surface area contributed by atoms with E-state index in [0.717, 1.165) is 0 Å². The number of benzene rings is 2. The molecule has 2 nitrogen and oxygen atoms in total. The zero-order valence-corrected chi connectivity index (χ0v) is 13.0. The van der Waals surface area contributed by atoms with Crippen LogP contribution in [0.25, 0.3) is 0 Å². The van der Waals surface area contributed by atoms with Gasteiger partial charge in [-0.2, -0.15) is 0 Å². The molecular formula is C14H9BrCl2O2. The Morgan fingerprint density at radius 3 is 2.26 bits per heavy atom. The van der Waals surface area contributed by atoms with Crippen LogP contribution in [0.2, 0.25) is 10.0 Å². The maximum Gasteiger partial charge on any atom is 0.159 e. The highest BCUT2D eigenvalue weighted by atomic mass is 79.9. The van der Waals surface area contributed by atoms with Crippen molar-refractivity contribution in [1.29, 1.82) is 0 Å². The fourth-order valence-electron chi connectivity index (χ4n) is 1.52. The quantitative estimate of drug-likeness (QED) is 0.652. The zero-order chi connectivity index (χ0) is 14.0. The lowest BCUT2D eigenvalue weighted by atomic mass is 10.1. The lowest BCUT2D eigenvalue weighted by Crippen LogP contribution is -1.93. The molecule has 0 fully saturated rings. The summed E-state index contributed by atoms with van der Waals surface area (Å²) in [7, 11) is 0. The number of hydrogen-bond donors (Lipinski definition) is 0. The first-order valence-electron chi connectivity index (χ1n) is 5.40. The summed E-state index contributed by atoms with van der Waals surface area (Å²) in [5.41, 5.74) is 0.614. The highest BCUT2D eigenvalue weighted by Crippen LogP contribution is 2.33. The Morgan fingerprint density at radius 2 is 1.74 bits per heavy atom. The van der Waals surface area contributed by atoms with Crippen molar-refractivity contribution >= 4 is 44.9 Å². The van der Waals surface area contributed by atoms with Crippen molar-refractivity contribution in [3.63, 3.8) is 0 Å². The van der Waals surface area contributed by atoms with Crippen molar-refractivity contribution in [2.75, 3.05) is 0 Å². The molecule has 19 heavy (non-hydrogen) atoms. The first kappa shape index (κ1) is 14.4. The van der Waals surface area contributed by atoms with Crippen molar-refractivity contribution in [1.82, 2.24) is 0 Å². The topological polar surface area (TPSA) is 26.3 Å². The summed E-state index contributed by atoms with van der Waals surface area (Å²) in [5.74, 6) is 1.12. The SMILES string of the molecule is CC(=O)c1ccc(Oc2cc(Cl)cc(Cl)c2)c(Br)c1. The Kier molecular flexibility index (Phi) is 4.50. The van der Waals surface area contributed by atoms with Crippen molar-refractivity contribution in [2.45, 2.75) is 6.92 Å². The molecule has 2 rings (SSSR count). The predicted molar refractivity (Wildman–Crippen MR) is 80.7 cm³/mol. The van der Waals surface area contributed by atoms with Crippen LogP contribution in [-0.2, 0) is 0 Å². The van der Waals surface area contributed by atoms with Crippen molar-refractivity contribution < 1.29 is 9.53 Å². The summed E-state index contributed by atoms with van der Waals surface area (Å²) in [6, 6.07) is 10.1. The molecule has 98 valence electrons. The monoisotopic (exact) mass is 358 g/mol. The minimum absolute atomic E-state index is 0.00181. The molecule has 0 heterocycles. The van der Waals surface area contributed by atoms with Crippen molar-refractivity contribution in [3.05, 3.63) is 56.5 Å². The summed E-state index contributed by atoms with van der Waals surface area (Å²) in [5, 5.41) is 0.998. The highest BCUT2D eigenvalue weighted by Gasteiger charge is 2.07. The van der Waals surface area contributed by atoms with Gasteiger partial charge in [0.15, 0.2) is 5.78 Å². The van der Waals surface area contributed by atoms with E-state index in [9.17, 15) is 4.79 Å². The third-order valence-corrected chi connectivity index (χ3v) is 3.46. The molecule has 0 aliphatic carbocycles. The Labute approximate surface area is 129 Å². The molecule has 0 aromatic heterocycles. The number of Topliss-reactive ketones (excluding diaryl/α,β-unsaturated/α-hetero) is 1. The molecule has 0 saturated carbocycles. The van der Waals surface area contributed by atoms with E-state index in [4.69, 9.17) is 27.9 Å². The largest absolute Gasteiger partial charge is 0.456 e. The molecular weight excluding hydrogens is 351 g/mol. The number of carbonyl (C=O) groups excluding carboxylic acids is 1. The molecule has 0 atom stereocenters. The zero-order valence-electron chi connectivity index (χ0n) is 9.91. The average Bonchev–Trinajstić information content (AvgIpc) is 2.30. The molecule has 5 heteroatoms. The van der Waals surface area contributed by atoms with Crippen LogP contribution in [0.1, 0.15) is 17.3 Å². The van der Waals surface area contributed by atoms with Gasteiger partial charge in [-0.05, 0) is 59.3 Å². The number of halogens is 3. The smallest absolute Gasteiger partial charge is 0.159 e. The number of carbonyl (C=O) groups is 1. The third-order valence-electron chi connectivity index (χ3n) is 2.40. The number of ether oxygens (including phenoxy) is 1. The summed E-state index contributed by atoms with van der Waals surface area (Å²) in [4.78, 5) is 11.3. The normalized spacial score (nSPS) is 10.3. The number of rotatable bonds is 3. The second-order valence-corrected chi connectivity index (χ2v) is 5.64. The lowest BCUT2D eigenvalue weighted by molar-refractivity contribution is 0.101.